The summed E-state index contributed by atoms with van der Waals surface area (Å²) in [6, 6.07) is -0.00919. The Balaban J connectivity index is 1.72. The number of nitrogens with zero attached hydrogens (tertiary/aromatic N) is 2. The zero-order chi connectivity index (χ0) is 12.4. The van der Waals surface area contributed by atoms with E-state index in [0.29, 0.717) is 5.92 Å². The van der Waals surface area contributed by atoms with Crippen LogP contribution in [0.2, 0.25) is 0 Å². The fourth-order valence-electron chi connectivity index (χ4n) is 2.96. The molecule has 3 atom stereocenters. The summed E-state index contributed by atoms with van der Waals surface area (Å²) in [6.07, 6.45) is 8.46. The summed E-state index contributed by atoms with van der Waals surface area (Å²) in [5, 5.41) is 0. The Bertz CT molecular complexity index is 394. The van der Waals surface area contributed by atoms with Gasteiger partial charge in [-0.1, -0.05) is 0 Å². The van der Waals surface area contributed by atoms with E-state index >= 15 is 0 Å². The first-order valence-corrected chi connectivity index (χ1v) is 7.68. The average molecular weight is 265 g/mol. The Kier molecular flexibility index (Phi) is 3.54. The summed E-state index contributed by atoms with van der Waals surface area (Å²) in [5.41, 5.74) is 7.35. The Morgan fingerprint density at radius 1 is 1.50 bits per heavy atom. The van der Waals surface area contributed by atoms with Crippen LogP contribution in [0.5, 0.6) is 0 Å². The lowest BCUT2D eigenvalue weighted by molar-refractivity contribution is -0.0836. The predicted octanol–water partition coefficient (Wildman–Crippen LogP) is 1.78. The fourth-order valence-corrected chi connectivity index (χ4v) is 4.34. The van der Waals surface area contributed by atoms with Crippen molar-refractivity contribution in [3.05, 3.63) is 24.3 Å². The Morgan fingerprint density at radius 3 is 3.17 bits per heavy atom. The molecule has 18 heavy (non-hydrogen) atoms. The number of aromatic nitrogens is 2. The lowest BCUT2D eigenvalue weighted by Crippen LogP contribution is -2.42. The molecule has 0 saturated carbocycles. The topological polar surface area (TPSA) is 61.0 Å². The van der Waals surface area contributed by atoms with Gasteiger partial charge in [-0.3, -0.25) is 9.97 Å². The smallest absolute Gasteiger partial charge is 0.0783 e. The van der Waals surface area contributed by atoms with Gasteiger partial charge < -0.3 is 10.5 Å². The summed E-state index contributed by atoms with van der Waals surface area (Å²) in [6.45, 7) is 0.833. The molecule has 3 rings (SSSR count). The lowest BCUT2D eigenvalue weighted by Gasteiger charge is -2.39. The third-order valence-corrected chi connectivity index (χ3v) is 5.25. The summed E-state index contributed by atoms with van der Waals surface area (Å²) in [5.74, 6) is 2.80. The van der Waals surface area contributed by atoms with E-state index in [-0.39, 0.29) is 11.6 Å². The Morgan fingerprint density at radius 2 is 2.44 bits per heavy atom. The van der Waals surface area contributed by atoms with Crippen molar-refractivity contribution in [2.75, 3.05) is 18.1 Å². The number of hydrogen-bond acceptors (Lipinski definition) is 5. The van der Waals surface area contributed by atoms with Crippen LogP contribution in [0.4, 0.5) is 0 Å². The lowest BCUT2D eigenvalue weighted by atomic mass is 9.80. The van der Waals surface area contributed by atoms with Crippen molar-refractivity contribution >= 4 is 11.8 Å². The highest BCUT2D eigenvalue weighted by Crippen LogP contribution is 2.43. The van der Waals surface area contributed by atoms with Gasteiger partial charge in [0, 0.05) is 31.0 Å². The molecule has 1 aromatic heterocycles. The van der Waals surface area contributed by atoms with Gasteiger partial charge in [-0.25, -0.2) is 0 Å². The van der Waals surface area contributed by atoms with Crippen LogP contribution in [0, 0.1) is 5.92 Å². The molecular formula is C13H19N3OS. The number of nitrogens with two attached hydrogens (primary N) is 1. The number of thioether (sulfide) groups is 1. The fraction of sp³-hybridized carbons (Fsp3) is 0.692. The van der Waals surface area contributed by atoms with Crippen molar-refractivity contribution in [1.82, 2.24) is 9.97 Å². The molecular weight excluding hydrogens is 246 g/mol. The maximum Gasteiger partial charge on any atom is 0.0783 e. The highest BCUT2D eigenvalue weighted by molar-refractivity contribution is 7.99. The van der Waals surface area contributed by atoms with Crippen LogP contribution in [0.25, 0.3) is 0 Å². The van der Waals surface area contributed by atoms with E-state index in [0.717, 1.165) is 30.9 Å². The highest BCUT2D eigenvalue weighted by atomic mass is 32.2. The Labute approximate surface area is 112 Å². The SMILES string of the molecule is NC(c1cnccn1)C1CCOC2(CCSC2)C1. The van der Waals surface area contributed by atoms with E-state index in [1.807, 2.05) is 11.8 Å². The van der Waals surface area contributed by atoms with Gasteiger partial charge in [0.15, 0.2) is 0 Å². The first-order valence-electron chi connectivity index (χ1n) is 6.52. The van der Waals surface area contributed by atoms with Crippen LogP contribution in [-0.2, 0) is 4.74 Å². The first kappa shape index (κ1) is 12.4. The molecule has 2 aliphatic rings. The van der Waals surface area contributed by atoms with Crippen LogP contribution < -0.4 is 5.73 Å². The summed E-state index contributed by atoms with van der Waals surface area (Å²) < 4.78 is 6.03. The normalized spacial score (nSPS) is 33.7. The van der Waals surface area contributed by atoms with Crippen LogP contribution in [0.1, 0.15) is 31.0 Å². The van der Waals surface area contributed by atoms with Gasteiger partial charge in [-0.2, -0.15) is 11.8 Å². The monoisotopic (exact) mass is 265 g/mol. The molecule has 2 N–H and O–H groups in total. The zero-order valence-electron chi connectivity index (χ0n) is 10.4. The van der Waals surface area contributed by atoms with Crippen LogP contribution >= 0.6 is 11.8 Å². The quantitative estimate of drug-likeness (QED) is 0.883. The van der Waals surface area contributed by atoms with Crippen molar-refractivity contribution in [2.24, 2.45) is 11.7 Å². The standard InChI is InChI=1S/C13H19N3OS/c14-12(11-8-15-3-4-16-11)10-1-5-17-13(7-10)2-6-18-9-13/h3-4,8,10,12H,1-2,5-7,9,14H2. The summed E-state index contributed by atoms with van der Waals surface area (Å²) in [4.78, 5) is 8.45. The van der Waals surface area contributed by atoms with Crippen LogP contribution in [-0.4, -0.2) is 33.7 Å². The molecule has 0 radical (unpaired) electrons. The maximum absolute atomic E-state index is 6.36. The summed E-state index contributed by atoms with van der Waals surface area (Å²) >= 11 is 2.00. The first-order chi connectivity index (χ1) is 8.79. The molecule has 2 saturated heterocycles. The molecule has 98 valence electrons. The van der Waals surface area contributed by atoms with Gasteiger partial charge in [0.25, 0.3) is 0 Å². The van der Waals surface area contributed by atoms with Crippen molar-refractivity contribution in [3.63, 3.8) is 0 Å². The van der Waals surface area contributed by atoms with Crippen LogP contribution in [0.15, 0.2) is 18.6 Å². The molecule has 5 heteroatoms. The van der Waals surface area contributed by atoms with E-state index in [1.54, 1.807) is 18.6 Å². The number of hydrogen-bond donors (Lipinski definition) is 1. The molecule has 1 aromatic rings. The number of ether oxygens (including phenoxy) is 1. The van der Waals surface area contributed by atoms with Gasteiger partial charge in [-0.15, -0.1) is 0 Å². The second-order valence-corrected chi connectivity index (χ2v) is 6.35. The van der Waals surface area contributed by atoms with E-state index in [4.69, 9.17) is 10.5 Å². The molecule has 2 fully saturated rings. The third-order valence-electron chi connectivity index (χ3n) is 4.03. The van der Waals surface area contributed by atoms with Crippen molar-refractivity contribution in [3.8, 4) is 0 Å². The molecule has 3 heterocycles. The van der Waals surface area contributed by atoms with Crippen molar-refractivity contribution in [1.29, 1.82) is 0 Å². The third kappa shape index (κ3) is 2.39. The van der Waals surface area contributed by atoms with Gasteiger partial charge in [-0.05, 0) is 30.9 Å². The van der Waals surface area contributed by atoms with Gasteiger partial charge in [0.1, 0.15) is 0 Å². The second-order valence-electron chi connectivity index (χ2n) is 5.24. The minimum Gasteiger partial charge on any atom is -0.374 e. The molecule has 0 aromatic carbocycles. The van der Waals surface area contributed by atoms with E-state index < -0.39 is 0 Å². The molecule has 0 bridgehead atoms. The van der Waals surface area contributed by atoms with E-state index in [2.05, 4.69) is 9.97 Å². The summed E-state index contributed by atoms with van der Waals surface area (Å²) in [7, 11) is 0. The Hall–Kier alpha value is -0.650. The van der Waals surface area contributed by atoms with E-state index in [1.165, 1.54) is 12.2 Å². The van der Waals surface area contributed by atoms with Crippen LogP contribution in [0.3, 0.4) is 0 Å². The molecule has 3 unspecified atom stereocenters. The number of rotatable bonds is 2. The van der Waals surface area contributed by atoms with Gasteiger partial charge in [0.05, 0.1) is 17.3 Å². The molecule has 0 amide bonds. The minimum atomic E-state index is -0.00919. The van der Waals surface area contributed by atoms with Gasteiger partial charge >= 0.3 is 0 Å². The second kappa shape index (κ2) is 5.15. The average Bonchev–Trinajstić information content (AvgIpc) is 2.87. The molecule has 1 spiro atoms. The highest BCUT2D eigenvalue weighted by Gasteiger charge is 2.42. The van der Waals surface area contributed by atoms with Crippen molar-refractivity contribution in [2.45, 2.75) is 30.9 Å². The largest absolute Gasteiger partial charge is 0.374 e. The molecule has 0 aliphatic carbocycles. The molecule has 4 nitrogen and oxygen atoms in total. The van der Waals surface area contributed by atoms with Gasteiger partial charge in [0.2, 0.25) is 0 Å². The van der Waals surface area contributed by atoms with E-state index in [9.17, 15) is 0 Å². The molecule has 2 aliphatic heterocycles. The predicted molar refractivity (Wildman–Crippen MR) is 72.3 cm³/mol. The minimum absolute atomic E-state index is 0.00919. The maximum atomic E-state index is 6.36. The van der Waals surface area contributed by atoms with Crippen molar-refractivity contribution < 1.29 is 4.74 Å². The zero-order valence-corrected chi connectivity index (χ0v) is 11.2.